The van der Waals surface area contributed by atoms with Gasteiger partial charge >= 0.3 is 5.97 Å². The first-order chi connectivity index (χ1) is 18.3. The highest BCUT2D eigenvalue weighted by Crippen LogP contribution is 2.30. The van der Waals surface area contributed by atoms with Crippen molar-refractivity contribution in [1.82, 2.24) is 0 Å². The lowest BCUT2D eigenvalue weighted by molar-refractivity contribution is -0.289. The molecule has 0 aromatic rings. The molecule has 1 rings (SSSR count). The van der Waals surface area contributed by atoms with Gasteiger partial charge in [0.1, 0.15) is 18.3 Å². The summed E-state index contributed by atoms with van der Waals surface area (Å²) in [6.45, 7) is 3.74. The van der Waals surface area contributed by atoms with Gasteiger partial charge in [0, 0.05) is 19.3 Å². The van der Waals surface area contributed by atoms with Crippen LogP contribution in [0.3, 0.4) is 0 Å². The summed E-state index contributed by atoms with van der Waals surface area (Å²) in [5, 5.41) is 40.2. The number of hydrogen-bond acceptors (Lipinski definition) is 8. The largest absolute Gasteiger partial charge is 0.462 e. The molecule has 0 aromatic heterocycles. The van der Waals surface area contributed by atoms with Gasteiger partial charge in [-0.1, -0.05) is 104 Å². The van der Waals surface area contributed by atoms with Gasteiger partial charge in [-0.2, -0.15) is 0 Å². The molecule has 0 aromatic carbocycles. The molecule has 1 heterocycles. The smallest absolute Gasteiger partial charge is 0.306 e. The molecule has 0 amide bonds. The number of ether oxygens (including phenoxy) is 2. The number of unbranched alkanes of at least 4 members (excludes halogenated alkanes) is 14. The van der Waals surface area contributed by atoms with Crippen LogP contribution in [-0.4, -0.2) is 69.0 Å². The third-order valence-corrected chi connectivity index (χ3v) is 7.55. The van der Waals surface area contributed by atoms with E-state index in [9.17, 15) is 30.0 Å². The number of rotatable bonds is 23. The molecule has 5 atom stereocenters. The minimum atomic E-state index is -2.34. The van der Waals surface area contributed by atoms with Gasteiger partial charge in [-0.05, 0) is 19.3 Å². The van der Waals surface area contributed by atoms with Crippen molar-refractivity contribution >= 4 is 11.8 Å². The van der Waals surface area contributed by atoms with E-state index in [2.05, 4.69) is 13.8 Å². The first-order valence-electron chi connectivity index (χ1n) is 15.4. The van der Waals surface area contributed by atoms with Gasteiger partial charge in [0.05, 0.1) is 12.7 Å². The average Bonchev–Trinajstić information content (AvgIpc) is 2.89. The van der Waals surface area contributed by atoms with Gasteiger partial charge in [0.25, 0.3) is 0 Å². The van der Waals surface area contributed by atoms with Crippen molar-refractivity contribution in [3.8, 4) is 0 Å². The van der Waals surface area contributed by atoms with Crippen LogP contribution >= 0.6 is 0 Å². The third kappa shape index (κ3) is 14.4. The van der Waals surface area contributed by atoms with E-state index in [0.29, 0.717) is 12.8 Å². The monoisotopic (exact) mass is 544 g/mol. The number of aliphatic hydroxyl groups excluding tert-OH is 3. The molecule has 0 unspecified atom stereocenters. The van der Waals surface area contributed by atoms with E-state index in [0.717, 1.165) is 44.9 Å². The minimum absolute atomic E-state index is 0.239. The number of aliphatic hydroxyl groups is 4. The quantitative estimate of drug-likeness (QED) is 0.103. The Labute approximate surface area is 230 Å². The van der Waals surface area contributed by atoms with Crippen LogP contribution in [0.5, 0.6) is 0 Å². The van der Waals surface area contributed by atoms with Gasteiger partial charge < -0.3 is 29.9 Å². The second-order valence-corrected chi connectivity index (χ2v) is 11.1. The molecule has 224 valence electrons. The molecule has 8 nitrogen and oxygen atoms in total. The Bertz CT molecular complexity index is 627. The molecule has 1 aliphatic heterocycles. The SMILES string of the molecule is CCCCCCCCCCCC(=O)O[C@H](CCCCCCCCC)CC(=O)[C@@]1(O)C[C@@H](O)[C@H](O)[C@@H](CO)O1. The topological polar surface area (TPSA) is 134 Å². The summed E-state index contributed by atoms with van der Waals surface area (Å²) in [7, 11) is 0. The van der Waals surface area contributed by atoms with E-state index in [1.54, 1.807) is 0 Å². The van der Waals surface area contributed by atoms with E-state index in [4.69, 9.17) is 9.47 Å². The molecule has 0 bridgehead atoms. The van der Waals surface area contributed by atoms with Crippen LogP contribution in [0, 0.1) is 0 Å². The van der Waals surface area contributed by atoms with Crippen molar-refractivity contribution in [3.05, 3.63) is 0 Å². The highest BCUT2D eigenvalue weighted by Gasteiger charge is 2.49. The Balaban J connectivity index is 2.55. The molecule has 0 aliphatic carbocycles. The summed E-state index contributed by atoms with van der Waals surface area (Å²) in [5.74, 6) is -3.40. The molecule has 0 spiro atoms. The van der Waals surface area contributed by atoms with Gasteiger partial charge in [0.15, 0.2) is 5.78 Å². The van der Waals surface area contributed by atoms with Crippen LogP contribution in [0.4, 0.5) is 0 Å². The lowest BCUT2D eigenvalue weighted by atomic mass is 9.90. The Morgan fingerprint density at radius 3 is 1.87 bits per heavy atom. The fraction of sp³-hybridized carbons (Fsp3) is 0.933. The Hall–Kier alpha value is -1.06. The molecular weight excluding hydrogens is 488 g/mol. The van der Waals surface area contributed by atoms with Crippen LogP contribution in [0.2, 0.25) is 0 Å². The van der Waals surface area contributed by atoms with Gasteiger partial charge in [-0.25, -0.2) is 0 Å². The number of hydrogen-bond donors (Lipinski definition) is 4. The Kier molecular flexibility index (Phi) is 19.1. The van der Waals surface area contributed by atoms with Crippen molar-refractivity contribution in [2.45, 2.75) is 172 Å². The second kappa shape index (κ2) is 20.8. The maximum atomic E-state index is 13.0. The predicted octanol–water partition coefficient (Wildman–Crippen LogP) is 5.11. The number of esters is 1. The zero-order valence-corrected chi connectivity index (χ0v) is 24.1. The van der Waals surface area contributed by atoms with Crippen molar-refractivity contribution in [2.75, 3.05) is 6.61 Å². The maximum Gasteiger partial charge on any atom is 0.306 e. The predicted molar refractivity (Wildman–Crippen MR) is 147 cm³/mol. The van der Waals surface area contributed by atoms with E-state index in [1.165, 1.54) is 57.8 Å². The van der Waals surface area contributed by atoms with Gasteiger partial charge in [0.2, 0.25) is 5.79 Å². The Morgan fingerprint density at radius 1 is 0.842 bits per heavy atom. The molecule has 0 radical (unpaired) electrons. The lowest BCUT2D eigenvalue weighted by Gasteiger charge is -2.41. The molecule has 38 heavy (non-hydrogen) atoms. The van der Waals surface area contributed by atoms with Crippen molar-refractivity contribution in [1.29, 1.82) is 0 Å². The zero-order chi connectivity index (χ0) is 28.2. The highest BCUT2D eigenvalue weighted by molar-refractivity contribution is 5.86. The maximum absolute atomic E-state index is 13.0. The van der Waals surface area contributed by atoms with Crippen molar-refractivity contribution in [2.24, 2.45) is 0 Å². The summed E-state index contributed by atoms with van der Waals surface area (Å²) < 4.78 is 11.0. The Morgan fingerprint density at radius 2 is 1.34 bits per heavy atom. The summed E-state index contributed by atoms with van der Waals surface area (Å²) in [5.41, 5.74) is 0. The molecule has 1 saturated heterocycles. The molecule has 0 saturated carbocycles. The zero-order valence-electron chi connectivity index (χ0n) is 24.1. The van der Waals surface area contributed by atoms with E-state index < -0.39 is 49.0 Å². The molecule has 1 aliphatic rings. The summed E-state index contributed by atoms with van der Waals surface area (Å²) in [6.07, 6.45) is 13.3. The van der Waals surface area contributed by atoms with Crippen LogP contribution in [0.25, 0.3) is 0 Å². The van der Waals surface area contributed by atoms with Gasteiger partial charge in [-0.3, -0.25) is 9.59 Å². The van der Waals surface area contributed by atoms with Crippen molar-refractivity contribution < 1.29 is 39.5 Å². The van der Waals surface area contributed by atoms with Crippen LogP contribution in [0.15, 0.2) is 0 Å². The normalized spacial score (nSPS) is 24.3. The van der Waals surface area contributed by atoms with E-state index >= 15 is 0 Å². The van der Waals surface area contributed by atoms with Crippen molar-refractivity contribution in [3.63, 3.8) is 0 Å². The number of Topliss-reactive ketones (excluding diaryl/α,β-unsaturated/α-hetero) is 1. The standard InChI is InChI=1S/C30H56O8/c1-3-5-7-9-11-12-14-16-18-20-28(34)37-24(19-17-15-13-10-8-6-4-2)21-27(33)30(36)22-25(32)29(35)26(23-31)38-30/h24-26,29,31-32,35-36H,3-23H2,1-2H3/t24-,25-,26-,29+,30-/m1/s1. The number of ketones is 1. The summed E-state index contributed by atoms with van der Waals surface area (Å²) in [6, 6.07) is 0. The third-order valence-electron chi connectivity index (χ3n) is 7.55. The summed E-state index contributed by atoms with van der Waals surface area (Å²) in [4.78, 5) is 25.6. The number of carbonyl (C=O) groups is 2. The fourth-order valence-electron chi connectivity index (χ4n) is 5.07. The first-order valence-corrected chi connectivity index (χ1v) is 15.4. The lowest BCUT2D eigenvalue weighted by Crippen LogP contribution is -2.59. The molecular formula is C30H56O8. The fourth-order valence-corrected chi connectivity index (χ4v) is 5.07. The van der Waals surface area contributed by atoms with Crippen LogP contribution < -0.4 is 0 Å². The van der Waals surface area contributed by atoms with E-state index in [-0.39, 0.29) is 12.4 Å². The molecule has 1 fully saturated rings. The van der Waals surface area contributed by atoms with Crippen LogP contribution in [-0.2, 0) is 19.1 Å². The minimum Gasteiger partial charge on any atom is -0.462 e. The summed E-state index contributed by atoms with van der Waals surface area (Å²) >= 11 is 0. The average molecular weight is 545 g/mol. The van der Waals surface area contributed by atoms with Crippen LogP contribution in [0.1, 0.15) is 142 Å². The molecule has 8 heteroatoms. The first kappa shape index (κ1) is 35.0. The second-order valence-electron chi connectivity index (χ2n) is 11.1. The number of carbonyl (C=O) groups excluding carboxylic acids is 2. The van der Waals surface area contributed by atoms with E-state index in [1.807, 2.05) is 0 Å². The highest BCUT2D eigenvalue weighted by atomic mass is 16.7. The molecule has 4 N–H and O–H groups in total. The van der Waals surface area contributed by atoms with Gasteiger partial charge in [-0.15, -0.1) is 0 Å².